The topological polar surface area (TPSA) is 49.8 Å². The minimum absolute atomic E-state index is 0.482. The molecule has 0 unspecified atom stereocenters. The van der Waals surface area contributed by atoms with Crippen LogP contribution in [0.2, 0.25) is 10.0 Å². The van der Waals surface area contributed by atoms with Crippen LogP contribution < -0.4 is 10.6 Å². The molecule has 0 saturated heterocycles. The summed E-state index contributed by atoms with van der Waals surface area (Å²) in [6, 6.07) is 17.3. The van der Waals surface area contributed by atoms with E-state index in [0.717, 1.165) is 22.4 Å². The molecule has 0 amide bonds. The standard InChI is InChI=1S/C19H14Cl2N4S/c20-12-8-13(21)10-14(9-12)23-19-24-17-6-2-1-5-16(17)18(25-19)22-11-15-4-3-7-26-15/h1-10H,11H2,(H2,22,23,24,25). The zero-order valence-electron chi connectivity index (χ0n) is 13.5. The van der Waals surface area contributed by atoms with Gasteiger partial charge in [0, 0.05) is 26.0 Å². The maximum Gasteiger partial charge on any atom is 0.229 e. The molecule has 4 nitrogen and oxygen atoms in total. The Balaban J connectivity index is 1.68. The minimum atomic E-state index is 0.482. The maximum atomic E-state index is 6.07. The Morgan fingerprint density at radius 3 is 2.50 bits per heavy atom. The summed E-state index contributed by atoms with van der Waals surface area (Å²) in [6.07, 6.45) is 0. The monoisotopic (exact) mass is 400 g/mol. The highest BCUT2D eigenvalue weighted by atomic mass is 35.5. The lowest BCUT2D eigenvalue weighted by molar-refractivity contribution is 1.13. The third-order valence-corrected chi connectivity index (χ3v) is 5.04. The highest BCUT2D eigenvalue weighted by Crippen LogP contribution is 2.27. The molecule has 26 heavy (non-hydrogen) atoms. The van der Waals surface area contributed by atoms with Crippen molar-refractivity contribution >= 4 is 62.9 Å². The van der Waals surface area contributed by atoms with Gasteiger partial charge in [-0.3, -0.25) is 0 Å². The van der Waals surface area contributed by atoms with Gasteiger partial charge in [-0.05, 0) is 41.8 Å². The van der Waals surface area contributed by atoms with Crippen molar-refractivity contribution in [2.24, 2.45) is 0 Å². The van der Waals surface area contributed by atoms with Crippen LogP contribution in [-0.2, 0) is 6.54 Å². The molecule has 0 saturated carbocycles. The van der Waals surface area contributed by atoms with E-state index in [9.17, 15) is 0 Å². The van der Waals surface area contributed by atoms with Gasteiger partial charge >= 0.3 is 0 Å². The van der Waals surface area contributed by atoms with Crippen LogP contribution in [0.25, 0.3) is 10.9 Å². The van der Waals surface area contributed by atoms with Crippen molar-refractivity contribution in [2.75, 3.05) is 10.6 Å². The molecule has 7 heteroatoms. The highest BCUT2D eigenvalue weighted by molar-refractivity contribution is 7.09. The molecule has 130 valence electrons. The average molecular weight is 401 g/mol. The van der Waals surface area contributed by atoms with Crippen LogP contribution in [0.15, 0.2) is 60.0 Å². The van der Waals surface area contributed by atoms with Gasteiger partial charge in [-0.25, -0.2) is 4.98 Å². The minimum Gasteiger partial charge on any atom is -0.364 e. The molecule has 4 aromatic rings. The van der Waals surface area contributed by atoms with Crippen molar-refractivity contribution in [3.63, 3.8) is 0 Å². The first-order valence-corrected chi connectivity index (χ1v) is 9.57. The van der Waals surface area contributed by atoms with E-state index in [1.54, 1.807) is 29.5 Å². The van der Waals surface area contributed by atoms with E-state index in [1.165, 1.54) is 4.88 Å². The Morgan fingerprint density at radius 1 is 0.923 bits per heavy atom. The van der Waals surface area contributed by atoms with Gasteiger partial charge in [-0.15, -0.1) is 11.3 Å². The van der Waals surface area contributed by atoms with Gasteiger partial charge in [0.1, 0.15) is 5.82 Å². The number of hydrogen-bond acceptors (Lipinski definition) is 5. The molecule has 0 aliphatic carbocycles. The van der Waals surface area contributed by atoms with Crippen molar-refractivity contribution in [3.8, 4) is 0 Å². The number of halogens is 2. The number of nitrogens with zero attached hydrogens (tertiary/aromatic N) is 2. The zero-order chi connectivity index (χ0) is 17.9. The van der Waals surface area contributed by atoms with Crippen LogP contribution >= 0.6 is 34.5 Å². The Hall–Kier alpha value is -2.34. The van der Waals surface area contributed by atoms with E-state index < -0.39 is 0 Å². The number of fused-ring (bicyclic) bond motifs is 1. The largest absolute Gasteiger partial charge is 0.364 e. The summed E-state index contributed by atoms with van der Waals surface area (Å²) in [5.41, 5.74) is 1.59. The molecule has 2 N–H and O–H groups in total. The number of rotatable bonds is 5. The molecular weight excluding hydrogens is 387 g/mol. The number of para-hydroxylation sites is 1. The molecule has 2 aromatic carbocycles. The quantitative estimate of drug-likeness (QED) is 0.409. The van der Waals surface area contributed by atoms with Crippen LogP contribution in [0, 0.1) is 0 Å². The predicted molar refractivity (Wildman–Crippen MR) is 111 cm³/mol. The number of aromatic nitrogens is 2. The Kier molecular flexibility index (Phi) is 4.93. The summed E-state index contributed by atoms with van der Waals surface area (Å²) in [5, 5.41) is 10.7. The smallest absolute Gasteiger partial charge is 0.229 e. The van der Waals surface area contributed by atoms with Gasteiger partial charge in [0.2, 0.25) is 5.95 Å². The summed E-state index contributed by atoms with van der Waals surface area (Å²) in [5.74, 6) is 1.26. The summed E-state index contributed by atoms with van der Waals surface area (Å²) >= 11 is 13.9. The Labute approximate surface area is 164 Å². The van der Waals surface area contributed by atoms with Gasteiger partial charge in [0.05, 0.1) is 12.1 Å². The fourth-order valence-electron chi connectivity index (χ4n) is 2.61. The van der Waals surface area contributed by atoms with Gasteiger partial charge in [0.25, 0.3) is 0 Å². The molecule has 2 aromatic heterocycles. The molecule has 0 spiro atoms. The fraction of sp³-hybridized carbons (Fsp3) is 0.0526. The normalized spacial score (nSPS) is 10.8. The SMILES string of the molecule is Clc1cc(Cl)cc(Nc2nc(NCc3cccs3)c3ccccc3n2)c1. The number of anilines is 3. The van der Waals surface area contributed by atoms with Crippen LogP contribution in [0.4, 0.5) is 17.5 Å². The number of hydrogen-bond donors (Lipinski definition) is 2. The predicted octanol–water partition coefficient (Wildman–Crippen LogP) is 6.35. The average Bonchev–Trinajstić information content (AvgIpc) is 3.12. The van der Waals surface area contributed by atoms with Gasteiger partial charge < -0.3 is 10.6 Å². The van der Waals surface area contributed by atoms with Crippen molar-refractivity contribution in [2.45, 2.75) is 6.54 Å². The first-order valence-electron chi connectivity index (χ1n) is 7.93. The molecule has 0 radical (unpaired) electrons. The Morgan fingerprint density at radius 2 is 1.73 bits per heavy atom. The third kappa shape index (κ3) is 3.90. The lowest BCUT2D eigenvalue weighted by atomic mass is 10.2. The molecular formula is C19H14Cl2N4S. The second-order valence-corrected chi connectivity index (χ2v) is 7.53. The van der Waals surface area contributed by atoms with E-state index in [0.29, 0.717) is 22.5 Å². The van der Waals surface area contributed by atoms with Crippen LogP contribution in [0.3, 0.4) is 0 Å². The van der Waals surface area contributed by atoms with E-state index >= 15 is 0 Å². The summed E-state index contributed by atoms with van der Waals surface area (Å²) in [7, 11) is 0. The van der Waals surface area contributed by atoms with Crippen molar-refractivity contribution in [1.29, 1.82) is 0 Å². The zero-order valence-corrected chi connectivity index (χ0v) is 15.9. The van der Waals surface area contributed by atoms with Crippen molar-refractivity contribution in [3.05, 3.63) is 74.9 Å². The van der Waals surface area contributed by atoms with Gasteiger partial charge in [-0.1, -0.05) is 41.4 Å². The Bertz CT molecular complexity index is 1030. The third-order valence-electron chi connectivity index (χ3n) is 3.73. The van der Waals surface area contributed by atoms with E-state index in [1.807, 2.05) is 30.3 Å². The summed E-state index contributed by atoms with van der Waals surface area (Å²) in [6.45, 7) is 0.709. The molecule has 0 atom stereocenters. The maximum absolute atomic E-state index is 6.07. The van der Waals surface area contributed by atoms with Gasteiger partial charge in [0.15, 0.2) is 0 Å². The highest BCUT2D eigenvalue weighted by Gasteiger charge is 2.09. The lowest BCUT2D eigenvalue weighted by Crippen LogP contribution is -2.05. The molecule has 2 heterocycles. The van der Waals surface area contributed by atoms with Crippen LogP contribution in [0.5, 0.6) is 0 Å². The fourth-order valence-corrected chi connectivity index (χ4v) is 3.78. The van der Waals surface area contributed by atoms with Gasteiger partial charge in [-0.2, -0.15) is 4.98 Å². The second kappa shape index (κ2) is 7.50. The van der Waals surface area contributed by atoms with Crippen molar-refractivity contribution in [1.82, 2.24) is 9.97 Å². The second-order valence-electron chi connectivity index (χ2n) is 5.63. The first-order chi connectivity index (χ1) is 12.7. The molecule has 0 bridgehead atoms. The lowest BCUT2D eigenvalue weighted by Gasteiger charge is -2.12. The molecule has 4 rings (SSSR count). The number of benzene rings is 2. The van der Waals surface area contributed by atoms with Crippen molar-refractivity contribution < 1.29 is 0 Å². The number of nitrogens with one attached hydrogen (secondary N) is 2. The summed E-state index contributed by atoms with van der Waals surface area (Å²) in [4.78, 5) is 10.5. The van der Waals surface area contributed by atoms with Crippen LogP contribution in [-0.4, -0.2) is 9.97 Å². The molecule has 0 aliphatic heterocycles. The molecule has 0 aliphatic rings. The number of thiophene rings is 1. The van der Waals surface area contributed by atoms with E-state index in [2.05, 4.69) is 32.0 Å². The first kappa shape index (κ1) is 17.1. The van der Waals surface area contributed by atoms with E-state index in [4.69, 9.17) is 23.2 Å². The van der Waals surface area contributed by atoms with E-state index in [-0.39, 0.29) is 0 Å². The summed E-state index contributed by atoms with van der Waals surface area (Å²) < 4.78 is 0. The molecule has 0 fully saturated rings. The van der Waals surface area contributed by atoms with Crippen LogP contribution in [0.1, 0.15) is 4.88 Å².